The van der Waals surface area contributed by atoms with Gasteiger partial charge in [-0.2, -0.15) is 0 Å². The average Bonchev–Trinajstić information content (AvgIpc) is 3.09. The second-order valence-electron chi connectivity index (χ2n) is 7.04. The number of para-hydroxylation sites is 1. The fourth-order valence-corrected chi connectivity index (χ4v) is 3.97. The van der Waals surface area contributed by atoms with E-state index in [4.69, 9.17) is 4.42 Å². The molecular weight excluding hydrogens is 362 g/mol. The van der Waals surface area contributed by atoms with Crippen molar-refractivity contribution in [1.82, 2.24) is 9.88 Å². The first kappa shape index (κ1) is 17.9. The fourth-order valence-electron chi connectivity index (χ4n) is 3.27. The van der Waals surface area contributed by atoms with Gasteiger partial charge in [0.2, 0.25) is 0 Å². The predicted octanol–water partition coefficient (Wildman–Crippen LogP) is 3.73. The molecule has 0 aliphatic carbocycles. The van der Waals surface area contributed by atoms with Crippen LogP contribution in [0.1, 0.15) is 35.8 Å². The molecule has 1 N–H and O–H groups in total. The Morgan fingerprint density at radius 2 is 2.11 bits per heavy atom. The summed E-state index contributed by atoms with van der Waals surface area (Å²) in [7, 11) is 0. The summed E-state index contributed by atoms with van der Waals surface area (Å²) in [5.41, 5.74) is 0.739. The number of likely N-dealkylation sites (tertiary alicyclic amines) is 1. The summed E-state index contributed by atoms with van der Waals surface area (Å²) < 4.78 is 5.23. The van der Waals surface area contributed by atoms with Gasteiger partial charge < -0.3 is 4.42 Å². The van der Waals surface area contributed by atoms with Gasteiger partial charge in [0.05, 0.1) is 5.69 Å². The number of carbonyl (C=O) groups excluding carboxylic acids is 1. The van der Waals surface area contributed by atoms with Gasteiger partial charge in [-0.25, -0.2) is 9.78 Å². The highest BCUT2D eigenvalue weighted by Crippen LogP contribution is 2.21. The van der Waals surface area contributed by atoms with Gasteiger partial charge in [-0.05, 0) is 44.0 Å². The molecule has 6 nitrogen and oxygen atoms in total. The maximum absolute atomic E-state index is 12.5. The first-order valence-electron chi connectivity index (χ1n) is 9.09. The molecule has 3 heterocycles. The van der Waals surface area contributed by atoms with Gasteiger partial charge in [-0.1, -0.05) is 25.1 Å². The maximum atomic E-state index is 12.5. The number of hydrogen-bond acceptors (Lipinski definition) is 6. The lowest BCUT2D eigenvalue weighted by Crippen LogP contribution is -2.32. The Morgan fingerprint density at radius 3 is 2.93 bits per heavy atom. The standard InChI is InChI=1S/C20H21N3O3S/c1-13-6-8-23(9-7-13)11-15-12-27-20(21-15)22-18(24)16-10-14-4-2-3-5-17(14)26-19(16)25/h2-5,10,12-13H,6-9,11H2,1H3,(H,21,22,24). The number of amides is 1. The molecule has 1 saturated heterocycles. The van der Waals surface area contributed by atoms with E-state index in [2.05, 4.69) is 22.1 Å². The lowest BCUT2D eigenvalue weighted by molar-refractivity contribution is 0.102. The second-order valence-corrected chi connectivity index (χ2v) is 7.90. The highest BCUT2D eigenvalue weighted by Gasteiger charge is 2.18. The van der Waals surface area contributed by atoms with Crippen molar-refractivity contribution in [3.63, 3.8) is 0 Å². The summed E-state index contributed by atoms with van der Waals surface area (Å²) in [6, 6.07) is 8.67. The van der Waals surface area contributed by atoms with Crippen LogP contribution in [-0.4, -0.2) is 28.9 Å². The van der Waals surface area contributed by atoms with Crippen molar-refractivity contribution in [2.24, 2.45) is 5.92 Å². The molecule has 7 heteroatoms. The molecule has 1 aromatic carbocycles. The summed E-state index contributed by atoms with van der Waals surface area (Å²) in [5, 5.41) is 5.88. The zero-order chi connectivity index (χ0) is 18.8. The normalized spacial score (nSPS) is 15.9. The summed E-state index contributed by atoms with van der Waals surface area (Å²) in [6.07, 6.45) is 2.43. The Labute approximate surface area is 160 Å². The SMILES string of the molecule is CC1CCN(Cc2csc(NC(=O)c3cc4ccccc4oc3=O)n2)CC1. The van der Waals surface area contributed by atoms with Crippen LogP contribution in [0.2, 0.25) is 0 Å². The monoisotopic (exact) mass is 383 g/mol. The van der Waals surface area contributed by atoms with Crippen LogP contribution in [0.15, 0.2) is 44.9 Å². The van der Waals surface area contributed by atoms with Gasteiger partial charge in [0, 0.05) is 17.3 Å². The molecule has 1 aliphatic heterocycles. The van der Waals surface area contributed by atoms with E-state index in [9.17, 15) is 9.59 Å². The first-order chi connectivity index (χ1) is 13.1. The summed E-state index contributed by atoms with van der Waals surface area (Å²) >= 11 is 1.37. The highest BCUT2D eigenvalue weighted by molar-refractivity contribution is 7.13. The topological polar surface area (TPSA) is 75.4 Å². The first-order valence-corrected chi connectivity index (χ1v) is 9.97. The molecule has 0 bridgehead atoms. The third kappa shape index (κ3) is 4.09. The molecule has 140 valence electrons. The van der Waals surface area contributed by atoms with E-state index < -0.39 is 11.5 Å². The van der Waals surface area contributed by atoms with E-state index in [-0.39, 0.29) is 5.56 Å². The van der Waals surface area contributed by atoms with E-state index in [1.165, 1.54) is 24.2 Å². The smallest absolute Gasteiger partial charge is 0.349 e. The largest absolute Gasteiger partial charge is 0.422 e. The molecule has 0 atom stereocenters. The molecule has 0 spiro atoms. The van der Waals surface area contributed by atoms with Crippen LogP contribution in [0.3, 0.4) is 0 Å². The Bertz CT molecular complexity index is 1020. The molecule has 4 rings (SSSR count). The number of carbonyl (C=O) groups is 1. The molecule has 2 aromatic heterocycles. The Balaban J connectivity index is 1.45. The van der Waals surface area contributed by atoms with E-state index >= 15 is 0 Å². The number of aromatic nitrogens is 1. The summed E-state index contributed by atoms with van der Waals surface area (Å²) in [5.74, 6) is 0.294. The Hall–Kier alpha value is -2.51. The Kier molecular flexibility index (Phi) is 5.05. The summed E-state index contributed by atoms with van der Waals surface area (Å²) in [4.78, 5) is 31.5. The number of hydrogen-bond donors (Lipinski definition) is 1. The second kappa shape index (κ2) is 7.62. The predicted molar refractivity (Wildman–Crippen MR) is 106 cm³/mol. The van der Waals surface area contributed by atoms with Crippen LogP contribution in [0.25, 0.3) is 11.0 Å². The van der Waals surface area contributed by atoms with E-state index in [1.807, 2.05) is 11.4 Å². The molecule has 0 unspecified atom stereocenters. The number of anilines is 1. The van der Waals surface area contributed by atoms with E-state index in [0.29, 0.717) is 16.1 Å². The van der Waals surface area contributed by atoms with Crippen LogP contribution in [0.4, 0.5) is 5.13 Å². The minimum atomic E-state index is -0.648. The van der Waals surface area contributed by atoms with Crippen molar-refractivity contribution in [1.29, 1.82) is 0 Å². The van der Waals surface area contributed by atoms with E-state index in [0.717, 1.165) is 31.2 Å². The molecule has 0 radical (unpaired) electrons. The van der Waals surface area contributed by atoms with E-state index in [1.54, 1.807) is 24.3 Å². The molecule has 3 aromatic rings. The van der Waals surface area contributed by atoms with Crippen molar-refractivity contribution < 1.29 is 9.21 Å². The summed E-state index contributed by atoms with van der Waals surface area (Å²) in [6.45, 7) is 5.24. The highest BCUT2D eigenvalue weighted by atomic mass is 32.1. The van der Waals surface area contributed by atoms with Crippen LogP contribution in [0.5, 0.6) is 0 Å². The Morgan fingerprint density at radius 1 is 1.33 bits per heavy atom. The molecular formula is C20H21N3O3S. The number of benzene rings is 1. The van der Waals surface area contributed by atoms with Crippen LogP contribution in [-0.2, 0) is 6.54 Å². The third-order valence-electron chi connectivity index (χ3n) is 4.92. The van der Waals surface area contributed by atoms with Crippen LogP contribution < -0.4 is 10.9 Å². The number of piperidine rings is 1. The van der Waals surface area contributed by atoms with Gasteiger partial charge >= 0.3 is 5.63 Å². The number of thiazole rings is 1. The molecule has 0 saturated carbocycles. The van der Waals surface area contributed by atoms with Crippen LogP contribution >= 0.6 is 11.3 Å². The minimum Gasteiger partial charge on any atom is -0.422 e. The van der Waals surface area contributed by atoms with Crippen molar-refractivity contribution in [3.8, 4) is 0 Å². The van der Waals surface area contributed by atoms with Gasteiger partial charge in [0.15, 0.2) is 5.13 Å². The van der Waals surface area contributed by atoms with Crippen molar-refractivity contribution in [2.75, 3.05) is 18.4 Å². The van der Waals surface area contributed by atoms with Crippen molar-refractivity contribution in [3.05, 3.63) is 57.4 Å². The fraction of sp³-hybridized carbons (Fsp3) is 0.350. The molecule has 1 fully saturated rings. The lowest BCUT2D eigenvalue weighted by Gasteiger charge is -2.29. The van der Waals surface area contributed by atoms with Crippen molar-refractivity contribution in [2.45, 2.75) is 26.3 Å². The number of nitrogens with zero attached hydrogens (tertiary/aromatic N) is 2. The molecule has 1 aliphatic rings. The quantitative estimate of drug-likeness (QED) is 0.695. The number of fused-ring (bicyclic) bond motifs is 1. The van der Waals surface area contributed by atoms with Crippen molar-refractivity contribution >= 4 is 33.3 Å². The maximum Gasteiger partial charge on any atom is 0.349 e. The molecule has 27 heavy (non-hydrogen) atoms. The minimum absolute atomic E-state index is 0.0181. The lowest BCUT2D eigenvalue weighted by atomic mass is 9.99. The number of rotatable bonds is 4. The zero-order valence-electron chi connectivity index (χ0n) is 15.1. The van der Waals surface area contributed by atoms with Gasteiger partial charge in [-0.3, -0.25) is 15.0 Å². The van der Waals surface area contributed by atoms with Gasteiger partial charge in [0.25, 0.3) is 5.91 Å². The zero-order valence-corrected chi connectivity index (χ0v) is 15.9. The third-order valence-corrected chi connectivity index (χ3v) is 5.73. The van der Waals surface area contributed by atoms with Crippen LogP contribution in [0, 0.1) is 5.92 Å². The van der Waals surface area contributed by atoms with Gasteiger partial charge in [-0.15, -0.1) is 11.3 Å². The van der Waals surface area contributed by atoms with Gasteiger partial charge in [0.1, 0.15) is 11.1 Å². The molecule has 1 amide bonds. The number of nitrogens with one attached hydrogen (secondary N) is 1. The average molecular weight is 383 g/mol.